The second-order valence-electron chi connectivity index (χ2n) is 4.37. The van der Waals surface area contributed by atoms with Crippen molar-refractivity contribution in [3.63, 3.8) is 0 Å². The molecule has 0 radical (unpaired) electrons. The van der Waals surface area contributed by atoms with Gasteiger partial charge in [-0.1, -0.05) is 18.2 Å². The van der Waals surface area contributed by atoms with Crippen molar-refractivity contribution in [1.82, 2.24) is 0 Å². The molecule has 1 aromatic carbocycles. The fraction of sp³-hybridized carbons (Fsp3) is 0.500. The first-order valence-corrected chi connectivity index (χ1v) is 5.03. The Labute approximate surface area is 85.3 Å². The van der Waals surface area contributed by atoms with Gasteiger partial charge < -0.3 is 10.1 Å². The number of methoxy groups -OCH3 is 1. The first-order chi connectivity index (χ1) is 6.63. The van der Waals surface area contributed by atoms with E-state index < -0.39 is 0 Å². The topological polar surface area (TPSA) is 21.3 Å². The smallest absolute Gasteiger partial charge is 0.0826 e. The lowest BCUT2D eigenvalue weighted by Gasteiger charge is -2.30. The minimum Gasteiger partial charge on any atom is -0.379 e. The van der Waals surface area contributed by atoms with E-state index in [4.69, 9.17) is 4.74 Å². The first kappa shape index (κ1) is 9.53. The molecule has 1 N–H and O–H groups in total. The third kappa shape index (κ3) is 1.50. The summed E-state index contributed by atoms with van der Waals surface area (Å²) in [5.41, 5.74) is 2.53. The number of hydrogen-bond donors (Lipinski definition) is 1. The molecule has 0 bridgehead atoms. The van der Waals surface area contributed by atoms with Crippen LogP contribution < -0.4 is 5.32 Å². The Hall–Kier alpha value is -1.02. The maximum atomic E-state index is 5.49. The minimum absolute atomic E-state index is 0.112. The zero-order chi connectivity index (χ0) is 10.2. The monoisotopic (exact) mass is 191 g/mol. The van der Waals surface area contributed by atoms with E-state index in [1.807, 2.05) is 0 Å². The van der Waals surface area contributed by atoms with Crippen LogP contribution in [-0.4, -0.2) is 18.8 Å². The lowest BCUT2D eigenvalue weighted by Crippen LogP contribution is -2.42. The Kier molecular flexibility index (Phi) is 2.23. The van der Waals surface area contributed by atoms with Crippen LogP contribution in [0.5, 0.6) is 0 Å². The normalized spacial score (nSPS) is 20.4. The molecule has 2 heteroatoms. The van der Waals surface area contributed by atoms with Crippen molar-refractivity contribution in [3.8, 4) is 0 Å². The van der Waals surface area contributed by atoms with Crippen molar-refractivity contribution in [2.45, 2.75) is 31.9 Å². The summed E-state index contributed by atoms with van der Waals surface area (Å²) in [6, 6.07) is 8.83. The van der Waals surface area contributed by atoms with Crippen molar-refractivity contribution >= 4 is 5.69 Å². The van der Waals surface area contributed by atoms with Gasteiger partial charge in [0.15, 0.2) is 0 Å². The molecule has 2 rings (SSSR count). The summed E-state index contributed by atoms with van der Waals surface area (Å²) < 4.78 is 5.49. The third-order valence-electron chi connectivity index (χ3n) is 3.14. The highest BCUT2D eigenvalue weighted by atomic mass is 16.5. The number of fused-ring (bicyclic) bond motifs is 1. The number of benzene rings is 1. The predicted octanol–water partition coefficient (Wildman–Crippen LogP) is 2.45. The lowest BCUT2D eigenvalue weighted by atomic mass is 9.96. The summed E-state index contributed by atoms with van der Waals surface area (Å²) in [6.07, 6.45) is 1.05. The van der Waals surface area contributed by atoms with Crippen molar-refractivity contribution in [2.24, 2.45) is 0 Å². The fourth-order valence-corrected chi connectivity index (χ4v) is 1.86. The molecule has 0 saturated carbocycles. The molecule has 14 heavy (non-hydrogen) atoms. The largest absolute Gasteiger partial charge is 0.379 e. The molecule has 0 saturated heterocycles. The quantitative estimate of drug-likeness (QED) is 0.775. The summed E-state index contributed by atoms with van der Waals surface area (Å²) in [6.45, 7) is 4.24. The van der Waals surface area contributed by atoms with E-state index in [9.17, 15) is 0 Å². The van der Waals surface area contributed by atoms with E-state index in [2.05, 4.69) is 43.4 Å². The summed E-state index contributed by atoms with van der Waals surface area (Å²) in [5, 5.41) is 3.50. The van der Waals surface area contributed by atoms with E-state index in [0.717, 1.165) is 6.42 Å². The molecule has 1 aliphatic rings. The Bertz CT molecular complexity index is 308. The van der Waals surface area contributed by atoms with E-state index in [1.54, 1.807) is 7.11 Å². The van der Waals surface area contributed by atoms with Crippen LogP contribution in [0.4, 0.5) is 5.69 Å². The maximum Gasteiger partial charge on any atom is 0.0826 e. The van der Waals surface area contributed by atoms with Crippen molar-refractivity contribution in [1.29, 1.82) is 0 Å². The summed E-state index contributed by atoms with van der Waals surface area (Å²) >= 11 is 0. The number of ether oxygens (including phenoxy) is 1. The van der Waals surface area contributed by atoms with E-state index in [-0.39, 0.29) is 5.60 Å². The van der Waals surface area contributed by atoms with Gasteiger partial charge in [0, 0.05) is 12.8 Å². The van der Waals surface area contributed by atoms with Gasteiger partial charge in [-0.15, -0.1) is 0 Å². The van der Waals surface area contributed by atoms with Crippen LogP contribution in [0.15, 0.2) is 24.3 Å². The molecule has 0 aliphatic carbocycles. The van der Waals surface area contributed by atoms with Crippen LogP contribution in [0.1, 0.15) is 19.4 Å². The van der Waals surface area contributed by atoms with Gasteiger partial charge in [0.2, 0.25) is 0 Å². The molecule has 1 aliphatic heterocycles. The zero-order valence-corrected chi connectivity index (χ0v) is 9.00. The molecule has 0 unspecified atom stereocenters. The highest BCUT2D eigenvalue weighted by molar-refractivity contribution is 5.57. The van der Waals surface area contributed by atoms with E-state index >= 15 is 0 Å². The zero-order valence-electron chi connectivity index (χ0n) is 9.00. The number of anilines is 1. The molecule has 1 heterocycles. The SMILES string of the molecule is COC(C)(C)[C@@H]1Cc2ccccc2N1. The Morgan fingerprint density at radius 1 is 1.36 bits per heavy atom. The Morgan fingerprint density at radius 2 is 2.07 bits per heavy atom. The number of hydrogen-bond acceptors (Lipinski definition) is 2. The fourth-order valence-electron chi connectivity index (χ4n) is 1.86. The standard InChI is InChI=1S/C12H17NO/c1-12(2,14-3)11-8-9-6-4-5-7-10(9)13-11/h4-7,11,13H,8H2,1-3H3/t11-/m0/s1. The number of para-hydroxylation sites is 1. The highest BCUT2D eigenvalue weighted by Crippen LogP contribution is 2.31. The second kappa shape index (κ2) is 3.28. The average molecular weight is 191 g/mol. The van der Waals surface area contributed by atoms with Gasteiger partial charge in [-0.3, -0.25) is 0 Å². The average Bonchev–Trinajstić information content (AvgIpc) is 2.61. The third-order valence-corrected chi connectivity index (χ3v) is 3.14. The molecule has 1 atom stereocenters. The number of rotatable bonds is 2. The molecule has 0 amide bonds. The van der Waals surface area contributed by atoms with Gasteiger partial charge in [0.05, 0.1) is 11.6 Å². The van der Waals surface area contributed by atoms with Crippen LogP contribution in [0, 0.1) is 0 Å². The summed E-state index contributed by atoms with van der Waals surface area (Å²) in [4.78, 5) is 0. The molecular formula is C12H17NO. The minimum atomic E-state index is -0.112. The maximum absolute atomic E-state index is 5.49. The summed E-state index contributed by atoms with van der Waals surface area (Å²) in [7, 11) is 1.77. The van der Waals surface area contributed by atoms with E-state index in [0.29, 0.717) is 6.04 Å². The van der Waals surface area contributed by atoms with Crippen molar-refractivity contribution in [3.05, 3.63) is 29.8 Å². The van der Waals surface area contributed by atoms with Crippen LogP contribution in [0.25, 0.3) is 0 Å². The van der Waals surface area contributed by atoms with Crippen LogP contribution >= 0.6 is 0 Å². The predicted molar refractivity (Wildman–Crippen MR) is 58.6 cm³/mol. The molecule has 0 aromatic heterocycles. The van der Waals surface area contributed by atoms with Crippen LogP contribution in [0.2, 0.25) is 0 Å². The molecule has 0 fully saturated rings. The molecule has 76 valence electrons. The number of nitrogens with one attached hydrogen (secondary N) is 1. The van der Waals surface area contributed by atoms with Gasteiger partial charge in [-0.05, 0) is 31.9 Å². The molecule has 2 nitrogen and oxygen atoms in total. The lowest BCUT2D eigenvalue weighted by molar-refractivity contribution is 0.00804. The van der Waals surface area contributed by atoms with Gasteiger partial charge in [0.1, 0.15) is 0 Å². The molecule has 0 spiro atoms. The van der Waals surface area contributed by atoms with Gasteiger partial charge in [0.25, 0.3) is 0 Å². The van der Waals surface area contributed by atoms with Crippen molar-refractivity contribution in [2.75, 3.05) is 12.4 Å². The van der Waals surface area contributed by atoms with Gasteiger partial charge >= 0.3 is 0 Å². The van der Waals surface area contributed by atoms with Gasteiger partial charge in [-0.2, -0.15) is 0 Å². The van der Waals surface area contributed by atoms with Gasteiger partial charge in [-0.25, -0.2) is 0 Å². The molecule has 1 aromatic rings. The van der Waals surface area contributed by atoms with Crippen molar-refractivity contribution < 1.29 is 4.74 Å². The summed E-state index contributed by atoms with van der Waals surface area (Å²) in [5.74, 6) is 0. The highest BCUT2D eigenvalue weighted by Gasteiger charge is 2.33. The Balaban J connectivity index is 2.19. The van der Waals surface area contributed by atoms with Crippen LogP contribution in [-0.2, 0) is 11.2 Å². The van der Waals surface area contributed by atoms with Crippen LogP contribution in [0.3, 0.4) is 0 Å². The van der Waals surface area contributed by atoms with E-state index in [1.165, 1.54) is 11.3 Å². The molecular weight excluding hydrogens is 174 g/mol. The second-order valence-corrected chi connectivity index (χ2v) is 4.37. The Morgan fingerprint density at radius 3 is 2.71 bits per heavy atom. The first-order valence-electron chi connectivity index (χ1n) is 5.03.